The predicted octanol–water partition coefficient (Wildman–Crippen LogP) is 5.50. The highest BCUT2D eigenvalue weighted by atomic mass is 16.5. The van der Waals surface area contributed by atoms with Crippen molar-refractivity contribution in [1.82, 2.24) is 10.2 Å². The number of hydrogen-bond acceptors (Lipinski definition) is 4. The Hall–Kier alpha value is -3.90. The second-order valence-electron chi connectivity index (χ2n) is 7.74. The topological polar surface area (TPSA) is 76.2 Å². The van der Waals surface area contributed by atoms with E-state index in [2.05, 4.69) is 27.6 Å². The third-order valence-electron chi connectivity index (χ3n) is 5.43. The number of rotatable bonds is 6. The lowest BCUT2D eigenvalue weighted by atomic mass is 10.1. The number of hydrogen-bond donors (Lipinski definition) is 2. The lowest BCUT2D eigenvalue weighted by Crippen LogP contribution is -2.22. The largest absolute Gasteiger partial charge is 0.457 e. The molecule has 1 fully saturated rings. The van der Waals surface area contributed by atoms with Gasteiger partial charge in [-0.15, -0.1) is 0 Å². The van der Waals surface area contributed by atoms with Crippen molar-refractivity contribution in [3.05, 3.63) is 84.1 Å². The minimum atomic E-state index is -0.0903. The second-order valence-corrected chi connectivity index (χ2v) is 7.74. The number of amides is 1. The molecule has 6 heteroatoms. The van der Waals surface area contributed by atoms with E-state index in [1.54, 1.807) is 0 Å². The molecule has 0 bridgehead atoms. The number of nitrogens with one attached hydrogen (secondary N) is 2. The number of carbonyl (C=O) groups excluding carboxylic acids is 1. The molecule has 0 aliphatic carbocycles. The summed E-state index contributed by atoms with van der Waals surface area (Å²) in [5.74, 6) is 1.23. The molecule has 160 valence electrons. The summed E-state index contributed by atoms with van der Waals surface area (Å²) in [6, 6.07) is 23.3. The van der Waals surface area contributed by atoms with Gasteiger partial charge in [0.05, 0.1) is 23.7 Å². The summed E-state index contributed by atoms with van der Waals surface area (Å²) in [5.41, 5.74) is 3.59. The predicted molar refractivity (Wildman–Crippen MR) is 126 cm³/mol. The van der Waals surface area contributed by atoms with Crippen LogP contribution in [0.1, 0.15) is 17.7 Å². The highest BCUT2D eigenvalue weighted by Gasteiger charge is 2.23. The number of H-pyrrole nitrogens is 1. The van der Waals surface area contributed by atoms with Crippen LogP contribution in [0.5, 0.6) is 11.5 Å². The van der Waals surface area contributed by atoms with E-state index in [4.69, 9.17) is 9.47 Å². The number of fused-ring (bicyclic) bond motifs is 1. The van der Waals surface area contributed by atoms with Gasteiger partial charge in [-0.25, -0.2) is 0 Å². The van der Waals surface area contributed by atoms with Gasteiger partial charge in [-0.2, -0.15) is 5.10 Å². The van der Waals surface area contributed by atoms with Gasteiger partial charge in [0.25, 0.3) is 0 Å². The SMILES string of the molecule is O=C(Nc1cccc(Oc2ccc3c(/C=C/c4ccccc4)n[nH]c3c2)c1)C1CCOC1. The molecule has 0 spiro atoms. The van der Waals surface area contributed by atoms with Gasteiger partial charge in [0.1, 0.15) is 11.5 Å². The molecule has 3 aromatic carbocycles. The number of benzene rings is 3. The Morgan fingerprint density at radius 1 is 1.03 bits per heavy atom. The number of anilines is 1. The summed E-state index contributed by atoms with van der Waals surface area (Å²) in [4.78, 5) is 12.3. The van der Waals surface area contributed by atoms with Gasteiger partial charge >= 0.3 is 0 Å². The summed E-state index contributed by atoms with van der Waals surface area (Å²) in [6.45, 7) is 1.12. The summed E-state index contributed by atoms with van der Waals surface area (Å²) in [6.07, 6.45) is 4.79. The molecular weight excluding hydrogens is 402 g/mol. The quantitative estimate of drug-likeness (QED) is 0.428. The van der Waals surface area contributed by atoms with Crippen LogP contribution in [0.25, 0.3) is 23.1 Å². The standard InChI is InChI=1S/C26H23N3O3/c30-26(19-13-14-31-17-19)27-20-7-4-8-21(15-20)32-22-10-11-23-24(28-29-25(23)16-22)12-9-18-5-2-1-3-6-18/h1-12,15-16,19H,13-14,17H2,(H,27,30)(H,28,29)/b12-9+. The summed E-state index contributed by atoms with van der Waals surface area (Å²) < 4.78 is 11.3. The van der Waals surface area contributed by atoms with Crippen molar-refractivity contribution in [1.29, 1.82) is 0 Å². The number of nitrogens with zero attached hydrogens (tertiary/aromatic N) is 1. The monoisotopic (exact) mass is 425 g/mol. The first-order chi connectivity index (χ1) is 15.7. The average molecular weight is 425 g/mol. The maximum Gasteiger partial charge on any atom is 0.229 e. The van der Waals surface area contributed by atoms with Crippen molar-refractivity contribution < 1.29 is 14.3 Å². The molecule has 1 unspecified atom stereocenters. The molecule has 1 aliphatic rings. The van der Waals surface area contributed by atoms with Gasteiger partial charge in [-0.1, -0.05) is 42.5 Å². The fraction of sp³-hybridized carbons (Fsp3) is 0.154. The lowest BCUT2D eigenvalue weighted by molar-refractivity contribution is -0.119. The fourth-order valence-corrected chi connectivity index (χ4v) is 3.71. The highest BCUT2D eigenvalue weighted by Crippen LogP contribution is 2.28. The van der Waals surface area contributed by atoms with E-state index in [9.17, 15) is 4.79 Å². The highest BCUT2D eigenvalue weighted by molar-refractivity contribution is 5.93. The average Bonchev–Trinajstić information content (AvgIpc) is 3.49. The lowest BCUT2D eigenvalue weighted by Gasteiger charge is -2.11. The van der Waals surface area contributed by atoms with E-state index in [-0.39, 0.29) is 11.8 Å². The molecule has 0 saturated carbocycles. The molecule has 1 amide bonds. The molecule has 5 rings (SSSR count). The Labute approximate surface area is 185 Å². The van der Waals surface area contributed by atoms with Crippen LogP contribution < -0.4 is 10.1 Å². The molecule has 32 heavy (non-hydrogen) atoms. The number of aromatic amines is 1. The molecule has 0 radical (unpaired) electrons. The van der Waals surface area contributed by atoms with Crippen molar-refractivity contribution in [3.63, 3.8) is 0 Å². The zero-order valence-corrected chi connectivity index (χ0v) is 17.5. The zero-order valence-electron chi connectivity index (χ0n) is 17.5. The van der Waals surface area contributed by atoms with Crippen molar-refractivity contribution >= 4 is 34.6 Å². The Balaban J connectivity index is 1.29. The molecule has 2 N–H and O–H groups in total. The summed E-state index contributed by atoms with van der Waals surface area (Å²) in [7, 11) is 0. The number of aromatic nitrogens is 2. The van der Waals surface area contributed by atoms with E-state index in [0.717, 1.165) is 28.6 Å². The summed E-state index contributed by atoms with van der Waals surface area (Å²) in [5, 5.41) is 11.5. The molecule has 1 atom stereocenters. The third kappa shape index (κ3) is 4.55. The number of ether oxygens (including phenoxy) is 2. The summed E-state index contributed by atoms with van der Waals surface area (Å²) >= 11 is 0. The first-order valence-electron chi connectivity index (χ1n) is 10.6. The minimum Gasteiger partial charge on any atom is -0.457 e. The van der Waals surface area contributed by atoms with Crippen LogP contribution in [0, 0.1) is 5.92 Å². The first-order valence-corrected chi connectivity index (χ1v) is 10.6. The van der Waals surface area contributed by atoms with E-state index >= 15 is 0 Å². The van der Waals surface area contributed by atoms with Crippen LogP contribution in [0.4, 0.5) is 5.69 Å². The van der Waals surface area contributed by atoms with Crippen molar-refractivity contribution in [2.75, 3.05) is 18.5 Å². The van der Waals surface area contributed by atoms with Gasteiger partial charge in [-0.05, 0) is 42.3 Å². The maximum absolute atomic E-state index is 12.3. The molecular formula is C26H23N3O3. The third-order valence-corrected chi connectivity index (χ3v) is 5.43. The smallest absolute Gasteiger partial charge is 0.229 e. The van der Waals surface area contributed by atoms with Crippen LogP contribution in [0.3, 0.4) is 0 Å². The first kappa shape index (κ1) is 20.0. The van der Waals surface area contributed by atoms with Gasteiger partial charge in [0.2, 0.25) is 5.91 Å². The van der Waals surface area contributed by atoms with Crippen LogP contribution in [-0.4, -0.2) is 29.3 Å². The van der Waals surface area contributed by atoms with E-state index in [1.165, 1.54) is 0 Å². The maximum atomic E-state index is 12.3. The van der Waals surface area contributed by atoms with Gasteiger partial charge in [0, 0.05) is 29.8 Å². The van der Waals surface area contributed by atoms with Crippen molar-refractivity contribution in [2.24, 2.45) is 5.92 Å². The second kappa shape index (κ2) is 9.08. The molecule has 1 aromatic heterocycles. The van der Waals surface area contributed by atoms with E-state index < -0.39 is 0 Å². The number of carbonyl (C=O) groups is 1. The van der Waals surface area contributed by atoms with Crippen molar-refractivity contribution in [3.8, 4) is 11.5 Å². The minimum absolute atomic E-state index is 0.0189. The Bertz CT molecular complexity index is 1260. The normalized spacial score (nSPS) is 15.9. The Morgan fingerprint density at radius 2 is 1.91 bits per heavy atom. The molecule has 2 heterocycles. The van der Waals surface area contributed by atoms with Gasteiger partial charge in [-0.3, -0.25) is 9.89 Å². The van der Waals surface area contributed by atoms with Crippen molar-refractivity contribution in [2.45, 2.75) is 6.42 Å². The molecule has 1 saturated heterocycles. The van der Waals surface area contributed by atoms with E-state index in [1.807, 2.05) is 72.8 Å². The fourth-order valence-electron chi connectivity index (χ4n) is 3.71. The van der Waals surface area contributed by atoms with Crippen LogP contribution in [-0.2, 0) is 9.53 Å². The molecule has 6 nitrogen and oxygen atoms in total. The Kier molecular flexibility index (Phi) is 5.68. The van der Waals surface area contributed by atoms with Gasteiger partial charge in [0.15, 0.2) is 0 Å². The van der Waals surface area contributed by atoms with E-state index in [0.29, 0.717) is 30.4 Å². The van der Waals surface area contributed by atoms with Crippen LogP contribution in [0.2, 0.25) is 0 Å². The Morgan fingerprint density at radius 3 is 2.75 bits per heavy atom. The molecule has 4 aromatic rings. The van der Waals surface area contributed by atoms with Crippen LogP contribution >= 0.6 is 0 Å². The van der Waals surface area contributed by atoms with Crippen LogP contribution in [0.15, 0.2) is 72.8 Å². The van der Waals surface area contributed by atoms with Gasteiger partial charge < -0.3 is 14.8 Å². The zero-order chi connectivity index (χ0) is 21.8. The molecule has 1 aliphatic heterocycles.